The Bertz CT molecular complexity index is 825. The van der Waals surface area contributed by atoms with Crippen LogP contribution >= 0.6 is 0 Å². The maximum atomic E-state index is 10.4. The van der Waals surface area contributed by atoms with Crippen molar-refractivity contribution in [2.45, 2.75) is 19.3 Å². The topological polar surface area (TPSA) is 80.9 Å². The summed E-state index contributed by atoms with van der Waals surface area (Å²) in [5.74, 6) is -0.734. The highest BCUT2D eigenvalue weighted by molar-refractivity contribution is 5.90. The van der Waals surface area contributed by atoms with Crippen molar-refractivity contribution in [1.82, 2.24) is 0 Å². The van der Waals surface area contributed by atoms with E-state index in [1.165, 1.54) is 18.2 Å². The number of benzene rings is 2. The van der Waals surface area contributed by atoms with Crippen molar-refractivity contribution < 1.29 is 20.4 Å². The lowest BCUT2D eigenvalue weighted by Crippen LogP contribution is -2.23. The molecule has 0 aliphatic rings. The molecule has 4 nitrogen and oxygen atoms in total. The number of aromatic hydroxyl groups is 2. The molecule has 120 valence electrons. The van der Waals surface area contributed by atoms with Crippen molar-refractivity contribution >= 4 is 10.8 Å². The molecule has 0 aliphatic carbocycles. The van der Waals surface area contributed by atoms with E-state index >= 15 is 0 Å². The molecular formula is C19H20O4. The molecule has 0 bridgehead atoms. The van der Waals surface area contributed by atoms with E-state index in [1.807, 2.05) is 0 Å². The molecule has 0 saturated carbocycles. The number of rotatable bonds is 4. The summed E-state index contributed by atoms with van der Waals surface area (Å²) in [4.78, 5) is 0. The Hall–Kier alpha value is -2.88. The number of allylic oxidation sites excluding steroid dienone is 3. The van der Waals surface area contributed by atoms with E-state index < -0.39 is 11.4 Å². The maximum Gasteiger partial charge on any atom is 0.278 e. The van der Waals surface area contributed by atoms with Gasteiger partial charge in [-0.25, -0.2) is 0 Å². The van der Waals surface area contributed by atoms with Crippen LogP contribution in [0.1, 0.15) is 19.4 Å². The van der Waals surface area contributed by atoms with E-state index in [4.69, 9.17) is 0 Å². The molecule has 2 aromatic carbocycles. The van der Waals surface area contributed by atoms with Gasteiger partial charge in [0.1, 0.15) is 11.5 Å². The molecule has 0 fully saturated rings. The van der Waals surface area contributed by atoms with Gasteiger partial charge in [0.05, 0.1) is 0 Å². The highest BCUT2D eigenvalue weighted by Gasteiger charge is 2.34. The Labute approximate surface area is 135 Å². The molecule has 2 aromatic rings. The summed E-state index contributed by atoms with van der Waals surface area (Å²) < 4.78 is 0. The summed E-state index contributed by atoms with van der Waals surface area (Å²) in [5.41, 5.74) is 0.0761. The fourth-order valence-corrected chi connectivity index (χ4v) is 3.01. The van der Waals surface area contributed by atoms with Gasteiger partial charge in [-0.3, -0.25) is 0 Å². The summed E-state index contributed by atoms with van der Waals surface area (Å²) in [7, 11) is 0. The van der Waals surface area contributed by atoms with Gasteiger partial charge >= 0.3 is 0 Å². The van der Waals surface area contributed by atoms with Crippen LogP contribution in [0.5, 0.6) is 11.5 Å². The van der Waals surface area contributed by atoms with Gasteiger partial charge in [-0.1, -0.05) is 45.2 Å². The summed E-state index contributed by atoms with van der Waals surface area (Å²) >= 11 is 0. The van der Waals surface area contributed by atoms with E-state index in [0.717, 1.165) is 5.39 Å². The molecular weight excluding hydrogens is 292 g/mol. The molecule has 0 unspecified atom stereocenters. The van der Waals surface area contributed by atoms with Crippen LogP contribution in [0.3, 0.4) is 0 Å². The first-order chi connectivity index (χ1) is 10.7. The van der Waals surface area contributed by atoms with Crippen molar-refractivity contribution in [3.05, 3.63) is 72.2 Å². The zero-order valence-electron chi connectivity index (χ0n) is 13.2. The number of aliphatic hydroxyl groups is 2. The van der Waals surface area contributed by atoms with Gasteiger partial charge < -0.3 is 20.4 Å². The van der Waals surface area contributed by atoms with Crippen LogP contribution in [0.2, 0.25) is 0 Å². The van der Waals surface area contributed by atoms with Crippen LogP contribution in [-0.2, 0) is 5.41 Å². The second-order valence-electron chi connectivity index (χ2n) is 5.92. The number of phenols is 2. The lowest BCUT2D eigenvalue weighted by molar-refractivity contribution is 0.180. The minimum atomic E-state index is -0.954. The van der Waals surface area contributed by atoms with Crippen molar-refractivity contribution in [2.75, 3.05) is 0 Å². The van der Waals surface area contributed by atoms with Gasteiger partial charge in [0.15, 0.2) is 0 Å². The molecule has 0 heterocycles. The quantitative estimate of drug-likeness (QED) is 0.491. The van der Waals surface area contributed by atoms with Crippen molar-refractivity contribution in [3.8, 4) is 11.5 Å². The van der Waals surface area contributed by atoms with Gasteiger partial charge in [0.2, 0.25) is 0 Å². The first-order valence-electron chi connectivity index (χ1n) is 7.09. The molecule has 0 aliphatic heterocycles. The van der Waals surface area contributed by atoms with Crippen molar-refractivity contribution in [3.63, 3.8) is 0 Å². The minimum Gasteiger partial charge on any atom is -0.508 e. The zero-order valence-corrected chi connectivity index (χ0v) is 13.2. The van der Waals surface area contributed by atoms with E-state index in [0.29, 0.717) is 16.5 Å². The molecule has 23 heavy (non-hydrogen) atoms. The molecule has 4 N–H and O–H groups in total. The van der Waals surface area contributed by atoms with E-state index in [9.17, 15) is 20.4 Å². The standard InChI is InChI=1S/C19H20O4/c1-5-11(2)16(18(22)23)19(3,4)17-14-8-7-13(20)10-12(14)6-9-15(17)21/h5-10,20-23H,1-2H2,3-4H3. The molecule has 0 aromatic heterocycles. The van der Waals surface area contributed by atoms with Gasteiger partial charge in [-0.2, -0.15) is 0 Å². The third-order valence-corrected chi connectivity index (χ3v) is 4.02. The van der Waals surface area contributed by atoms with Crippen LogP contribution in [0.4, 0.5) is 0 Å². The van der Waals surface area contributed by atoms with Crippen LogP contribution in [0.25, 0.3) is 10.8 Å². The summed E-state index contributed by atoms with van der Waals surface area (Å²) in [5, 5.41) is 40.9. The summed E-state index contributed by atoms with van der Waals surface area (Å²) in [6.07, 6.45) is 1.43. The van der Waals surface area contributed by atoms with Crippen molar-refractivity contribution in [1.29, 1.82) is 0 Å². The van der Waals surface area contributed by atoms with Crippen LogP contribution in [0, 0.1) is 0 Å². The molecule has 0 saturated heterocycles. The molecule has 0 spiro atoms. The Kier molecular flexibility index (Phi) is 4.10. The Morgan fingerprint density at radius 3 is 2.30 bits per heavy atom. The molecule has 0 amide bonds. The third kappa shape index (κ3) is 2.75. The average molecular weight is 312 g/mol. The fraction of sp³-hybridized carbons (Fsp3) is 0.158. The van der Waals surface area contributed by atoms with Crippen LogP contribution < -0.4 is 0 Å². The highest BCUT2D eigenvalue weighted by atomic mass is 16.5. The second-order valence-corrected chi connectivity index (χ2v) is 5.92. The Morgan fingerprint density at radius 1 is 1.09 bits per heavy atom. The highest BCUT2D eigenvalue weighted by Crippen LogP contribution is 2.44. The first-order valence-corrected chi connectivity index (χ1v) is 7.09. The second kappa shape index (κ2) is 5.72. The van der Waals surface area contributed by atoms with E-state index in [2.05, 4.69) is 13.2 Å². The Balaban J connectivity index is 2.85. The minimum absolute atomic E-state index is 0.0174. The van der Waals surface area contributed by atoms with E-state index in [1.54, 1.807) is 32.0 Å². The lowest BCUT2D eigenvalue weighted by Gasteiger charge is -2.30. The van der Waals surface area contributed by atoms with E-state index in [-0.39, 0.29) is 17.1 Å². The SMILES string of the molecule is C=CC(=C)C(=C(O)O)C(C)(C)c1c(O)ccc2cc(O)ccc12. The van der Waals surface area contributed by atoms with Gasteiger partial charge in [0.25, 0.3) is 5.95 Å². The van der Waals surface area contributed by atoms with Gasteiger partial charge in [-0.05, 0) is 34.5 Å². The largest absolute Gasteiger partial charge is 0.508 e. The number of hydrogen-bond donors (Lipinski definition) is 4. The molecule has 2 rings (SSSR count). The van der Waals surface area contributed by atoms with Crippen LogP contribution in [0.15, 0.2) is 66.7 Å². The van der Waals surface area contributed by atoms with Gasteiger partial charge in [-0.15, -0.1) is 0 Å². The van der Waals surface area contributed by atoms with Crippen molar-refractivity contribution in [2.24, 2.45) is 0 Å². The molecule has 4 heteroatoms. The van der Waals surface area contributed by atoms with Crippen LogP contribution in [-0.4, -0.2) is 20.4 Å². The predicted octanol–water partition coefficient (Wildman–Crippen LogP) is 4.60. The summed E-state index contributed by atoms with van der Waals surface area (Å²) in [6.45, 7) is 10.9. The molecule has 0 radical (unpaired) electrons. The van der Waals surface area contributed by atoms with Gasteiger partial charge in [0, 0.05) is 16.6 Å². The predicted molar refractivity (Wildman–Crippen MR) is 91.9 cm³/mol. The smallest absolute Gasteiger partial charge is 0.278 e. The third-order valence-electron chi connectivity index (χ3n) is 4.02. The normalized spacial score (nSPS) is 11.2. The maximum absolute atomic E-state index is 10.4. The fourth-order valence-electron chi connectivity index (χ4n) is 3.01. The number of phenolic OH excluding ortho intramolecular Hbond substituents is 2. The average Bonchev–Trinajstić information content (AvgIpc) is 2.46. The number of aliphatic hydroxyl groups excluding tert-OH is 1. The number of fused-ring (bicyclic) bond motifs is 1. The molecule has 0 atom stereocenters. The number of hydrogen-bond acceptors (Lipinski definition) is 4. The zero-order chi connectivity index (χ0) is 17.4. The lowest BCUT2D eigenvalue weighted by atomic mass is 9.73. The first kappa shape index (κ1) is 16.5. The summed E-state index contributed by atoms with van der Waals surface area (Å²) in [6, 6.07) is 7.99. The Morgan fingerprint density at radius 2 is 1.74 bits per heavy atom. The monoisotopic (exact) mass is 312 g/mol.